The molecular weight excluding hydrogens is 300 g/mol. The average molecular weight is 319 g/mol. The first-order chi connectivity index (χ1) is 9.02. The van der Waals surface area contributed by atoms with Crippen molar-refractivity contribution in [1.82, 2.24) is 0 Å². The number of hydrogen-bond acceptors (Lipinski definition) is 1. The van der Waals surface area contributed by atoms with Gasteiger partial charge in [0.1, 0.15) is 5.75 Å². The van der Waals surface area contributed by atoms with Crippen molar-refractivity contribution in [1.29, 1.82) is 0 Å². The predicted molar refractivity (Wildman–Crippen MR) is 84.4 cm³/mol. The van der Waals surface area contributed by atoms with Crippen LogP contribution in [0.15, 0.2) is 36.4 Å². The number of aryl methyl sites for hydroxylation is 3. The molecule has 0 amide bonds. The summed E-state index contributed by atoms with van der Waals surface area (Å²) in [5.74, 6) is 0.904. The van der Waals surface area contributed by atoms with Crippen molar-refractivity contribution in [2.75, 3.05) is 7.11 Å². The van der Waals surface area contributed by atoms with Gasteiger partial charge in [0, 0.05) is 0 Å². The number of alkyl halides is 1. The Morgan fingerprint density at radius 2 is 1.63 bits per heavy atom. The number of rotatable bonds is 3. The molecule has 0 N–H and O–H groups in total. The molecule has 100 valence electrons. The van der Waals surface area contributed by atoms with Crippen LogP contribution < -0.4 is 4.74 Å². The van der Waals surface area contributed by atoms with Crippen LogP contribution in [0.4, 0.5) is 0 Å². The minimum Gasteiger partial charge on any atom is -0.497 e. The molecule has 0 aliphatic rings. The Labute approximate surface area is 123 Å². The first-order valence-corrected chi connectivity index (χ1v) is 7.30. The smallest absolute Gasteiger partial charge is 0.119 e. The molecule has 0 aliphatic carbocycles. The van der Waals surface area contributed by atoms with E-state index in [1.54, 1.807) is 7.11 Å². The van der Waals surface area contributed by atoms with Crippen LogP contribution in [0.25, 0.3) is 0 Å². The Hall–Kier alpha value is -1.28. The second-order valence-electron chi connectivity index (χ2n) is 4.93. The molecule has 2 aromatic carbocycles. The summed E-state index contributed by atoms with van der Waals surface area (Å²) >= 11 is 3.81. The van der Waals surface area contributed by atoms with Gasteiger partial charge in [-0.25, -0.2) is 0 Å². The zero-order valence-corrected chi connectivity index (χ0v) is 13.4. The van der Waals surface area contributed by atoms with Gasteiger partial charge >= 0.3 is 0 Å². The zero-order valence-electron chi connectivity index (χ0n) is 11.8. The van der Waals surface area contributed by atoms with E-state index in [2.05, 4.69) is 67.0 Å². The molecule has 0 aliphatic heterocycles. The normalized spacial score (nSPS) is 12.3. The largest absolute Gasteiger partial charge is 0.497 e. The fraction of sp³-hybridized carbons (Fsp3) is 0.294. The Morgan fingerprint density at radius 1 is 0.895 bits per heavy atom. The third kappa shape index (κ3) is 3.01. The molecule has 1 nitrogen and oxygen atoms in total. The number of hydrogen-bond donors (Lipinski definition) is 0. The van der Waals surface area contributed by atoms with E-state index in [1.165, 1.54) is 27.8 Å². The van der Waals surface area contributed by atoms with Gasteiger partial charge in [-0.1, -0.05) is 40.2 Å². The van der Waals surface area contributed by atoms with Gasteiger partial charge in [0.2, 0.25) is 0 Å². The minimum atomic E-state index is 0.220. The number of halogens is 1. The van der Waals surface area contributed by atoms with Gasteiger partial charge in [0.25, 0.3) is 0 Å². The molecule has 1 atom stereocenters. The van der Waals surface area contributed by atoms with Crippen molar-refractivity contribution < 1.29 is 4.74 Å². The van der Waals surface area contributed by atoms with Gasteiger partial charge in [0.05, 0.1) is 11.9 Å². The van der Waals surface area contributed by atoms with E-state index in [4.69, 9.17) is 4.74 Å². The Kier molecular flexibility index (Phi) is 4.31. The summed E-state index contributed by atoms with van der Waals surface area (Å²) in [6, 6.07) is 12.8. The Bertz CT molecular complexity index is 590. The lowest BCUT2D eigenvalue weighted by atomic mass is 9.97. The average Bonchev–Trinajstić information content (AvgIpc) is 2.41. The summed E-state index contributed by atoms with van der Waals surface area (Å²) in [6.07, 6.45) is 0. The van der Waals surface area contributed by atoms with Crippen molar-refractivity contribution in [2.45, 2.75) is 25.6 Å². The molecule has 2 rings (SSSR count). The summed E-state index contributed by atoms with van der Waals surface area (Å²) in [7, 11) is 1.70. The molecule has 0 heterocycles. The van der Waals surface area contributed by atoms with E-state index in [0.29, 0.717) is 0 Å². The van der Waals surface area contributed by atoms with Crippen LogP contribution >= 0.6 is 15.9 Å². The van der Waals surface area contributed by atoms with Crippen molar-refractivity contribution in [3.8, 4) is 5.75 Å². The van der Waals surface area contributed by atoms with Crippen LogP contribution in [0, 0.1) is 20.8 Å². The monoisotopic (exact) mass is 318 g/mol. The van der Waals surface area contributed by atoms with Crippen LogP contribution in [0.1, 0.15) is 32.6 Å². The summed E-state index contributed by atoms with van der Waals surface area (Å²) in [4.78, 5) is 0.220. The highest BCUT2D eigenvalue weighted by atomic mass is 79.9. The highest BCUT2D eigenvalue weighted by Crippen LogP contribution is 2.34. The Balaban J connectivity index is 2.38. The molecule has 2 heteroatoms. The lowest BCUT2D eigenvalue weighted by molar-refractivity contribution is 0.414. The molecule has 19 heavy (non-hydrogen) atoms. The molecule has 0 saturated heterocycles. The Morgan fingerprint density at radius 3 is 2.21 bits per heavy atom. The third-order valence-corrected chi connectivity index (χ3v) is 4.60. The van der Waals surface area contributed by atoms with Crippen molar-refractivity contribution in [3.05, 3.63) is 64.2 Å². The molecule has 0 saturated carbocycles. The van der Waals surface area contributed by atoms with Crippen LogP contribution in [0.5, 0.6) is 5.75 Å². The first-order valence-electron chi connectivity index (χ1n) is 6.38. The van der Waals surface area contributed by atoms with Gasteiger partial charge in [-0.2, -0.15) is 0 Å². The van der Waals surface area contributed by atoms with Crippen LogP contribution in [0.3, 0.4) is 0 Å². The van der Waals surface area contributed by atoms with E-state index in [-0.39, 0.29) is 4.83 Å². The van der Waals surface area contributed by atoms with Crippen molar-refractivity contribution in [2.24, 2.45) is 0 Å². The molecule has 0 aromatic heterocycles. The van der Waals surface area contributed by atoms with Crippen molar-refractivity contribution in [3.63, 3.8) is 0 Å². The van der Waals surface area contributed by atoms with Gasteiger partial charge in [-0.15, -0.1) is 0 Å². The first kappa shape index (κ1) is 14.1. The molecule has 2 aromatic rings. The summed E-state index contributed by atoms with van der Waals surface area (Å²) in [6.45, 7) is 6.41. The van der Waals surface area contributed by atoms with Gasteiger partial charge < -0.3 is 4.74 Å². The molecule has 0 bridgehead atoms. The third-order valence-electron chi connectivity index (χ3n) is 3.57. The highest BCUT2D eigenvalue weighted by molar-refractivity contribution is 9.09. The number of benzene rings is 2. The van der Waals surface area contributed by atoms with Crippen LogP contribution in [-0.2, 0) is 0 Å². The topological polar surface area (TPSA) is 9.23 Å². The zero-order chi connectivity index (χ0) is 14.0. The quantitative estimate of drug-likeness (QED) is 0.715. The SMILES string of the molecule is COc1ccc(C(Br)c2ccc(C)c(C)c2)c(C)c1. The molecular formula is C17H19BrO. The summed E-state index contributed by atoms with van der Waals surface area (Å²) in [5.41, 5.74) is 6.46. The molecule has 0 spiro atoms. The molecule has 0 fully saturated rings. The number of ether oxygens (including phenoxy) is 1. The fourth-order valence-corrected chi connectivity index (χ4v) is 2.96. The highest BCUT2D eigenvalue weighted by Gasteiger charge is 2.13. The second kappa shape index (κ2) is 5.79. The van der Waals surface area contributed by atoms with Gasteiger partial charge in [-0.05, 0) is 60.7 Å². The predicted octanol–water partition coefficient (Wildman–Crippen LogP) is 5.10. The van der Waals surface area contributed by atoms with Crippen LogP contribution in [-0.4, -0.2) is 7.11 Å². The maximum Gasteiger partial charge on any atom is 0.119 e. The van der Waals surface area contributed by atoms with E-state index in [9.17, 15) is 0 Å². The standard InChI is InChI=1S/C17H19BrO/c1-11-5-6-14(9-12(11)2)17(18)16-8-7-15(19-4)10-13(16)3/h5-10,17H,1-4H3. The van der Waals surface area contributed by atoms with E-state index >= 15 is 0 Å². The molecule has 0 radical (unpaired) electrons. The van der Waals surface area contributed by atoms with Gasteiger partial charge in [-0.3, -0.25) is 0 Å². The van der Waals surface area contributed by atoms with E-state index < -0.39 is 0 Å². The second-order valence-corrected chi connectivity index (χ2v) is 5.84. The van der Waals surface area contributed by atoms with Gasteiger partial charge in [0.15, 0.2) is 0 Å². The lowest BCUT2D eigenvalue weighted by Gasteiger charge is -2.16. The fourth-order valence-electron chi connectivity index (χ4n) is 2.16. The minimum absolute atomic E-state index is 0.220. The van der Waals surface area contributed by atoms with Crippen LogP contribution in [0.2, 0.25) is 0 Å². The maximum absolute atomic E-state index is 5.25. The molecule has 1 unspecified atom stereocenters. The lowest BCUT2D eigenvalue weighted by Crippen LogP contribution is -1.97. The maximum atomic E-state index is 5.25. The summed E-state index contributed by atoms with van der Waals surface area (Å²) in [5, 5.41) is 0. The van der Waals surface area contributed by atoms with E-state index in [1.807, 2.05) is 6.07 Å². The van der Waals surface area contributed by atoms with E-state index in [0.717, 1.165) is 5.75 Å². The van der Waals surface area contributed by atoms with Crippen molar-refractivity contribution >= 4 is 15.9 Å². The summed E-state index contributed by atoms with van der Waals surface area (Å²) < 4.78 is 5.25. The number of methoxy groups -OCH3 is 1.